The fourth-order valence-electron chi connectivity index (χ4n) is 2.83. The quantitative estimate of drug-likeness (QED) is 0.842. The monoisotopic (exact) mass is 379 g/mol. The number of carbonyl (C=O) groups is 1. The minimum atomic E-state index is -0.222. The summed E-state index contributed by atoms with van der Waals surface area (Å²) in [4.78, 5) is 12.6. The van der Waals surface area contributed by atoms with Crippen molar-refractivity contribution in [2.75, 3.05) is 20.3 Å². The zero-order valence-electron chi connectivity index (χ0n) is 14.0. The van der Waals surface area contributed by atoms with Gasteiger partial charge in [-0.15, -0.1) is 0 Å². The van der Waals surface area contributed by atoms with Crippen molar-refractivity contribution in [1.82, 2.24) is 5.32 Å². The highest BCUT2D eigenvalue weighted by Crippen LogP contribution is 2.36. The van der Waals surface area contributed by atoms with Crippen LogP contribution in [0.3, 0.4) is 0 Å². The summed E-state index contributed by atoms with van der Waals surface area (Å²) in [6.07, 6.45) is 0. The van der Waals surface area contributed by atoms with Crippen LogP contribution >= 0.6 is 23.2 Å². The van der Waals surface area contributed by atoms with Gasteiger partial charge in [0.15, 0.2) is 0 Å². The van der Waals surface area contributed by atoms with Crippen LogP contribution in [0.1, 0.15) is 34.3 Å². The van der Waals surface area contributed by atoms with Crippen LogP contribution in [0.4, 0.5) is 0 Å². The predicted octanol–water partition coefficient (Wildman–Crippen LogP) is 4.28. The molecule has 1 unspecified atom stereocenters. The average Bonchev–Trinajstić information content (AvgIpc) is 2.57. The molecule has 132 valence electrons. The van der Waals surface area contributed by atoms with Gasteiger partial charge in [-0.25, -0.2) is 0 Å². The molecule has 0 aliphatic carbocycles. The van der Waals surface area contributed by atoms with Crippen LogP contribution in [0.5, 0.6) is 5.75 Å². The van der Waals surface area contributed by atoms with Crippen LogP contribution in [0.2, 0.25) is 10.0 Å². The number of benzene rings is 2. The first-order valence-corrected chi connectivity index (χ1v) is 8.77. The van der Waals surface area contributed by atoms with Gasteiger partial charge < -0.3 is 14.8 Å². The van der Waals surface area contributed by atoms with E-state index in [-0.39, 0.29) is 17.9 Å². The van der Waals surface area contributed by atoms with E-state index in [0.717, 1.165) is 11.1 Å². The molecule has 1 saturated heterocycles. The van der Waals surface area contributed by atoms with Gasteiger partial charge in [0.05, 0.1) is 37.0 Å². The summed E-state index contributed by atoms with van der Waals surface area (Å²) in [5.41, 5.74) is 2.29. The highest BCUT2D eigenvalue weighted by Gasteiger charge is 2.25. The average molecular weight is 380 g/mol. The van der Waals surface area contributed by atoms with Crippen molar-refractivity contribution < 1.29 is 14.3 Å². The molecule has 1 heterocycles. The van der Waals surface area contributed by atoms with Crippen molar-refractivity contribution in [3.63, 3.8) is 0 Å². The Bertz CT molecular complexity index is 790. The Balaban J connectivity index is 1.97. The van der Waals surface area contributed by atoms with E-state index >= 15 is 0 Å². The number of ether oxygens (including phenoxy) is 2. The summed E-state index contributed by atoms with van der Waals surface area (Å²) in [5, 5.41) is 4.00. The van der Waals surface area contributed by atoms with Gasteiger partial charge in [0.1, 0.15) is 5.75 Å². The lowest BCUT2D eigenvalue weighted by Gasteiger charge is -2.27. The van der Waals surface area contributed by atoms with E-state index in [0.29, 0.717) is 34.6 Å². The predicted molar refractivity (Wildman–Crippen MR) is 99.0 cm³/mol. The lowest BCUT2D eigenvalue weighted by molar-refractivity contribution is -0.00350. The minimum Gasteiger partial charge on any atom is -0.494 e. The van der Waals surface area contributed by atoms with Gasteiger partial charge in [0, 0.05) is 10.9 Å². The van der Waals surface area contributed by atoms with Crippen LogP contribution in [0.15, 0.2) is 36.4 Å². The lowest BCUT2D eigenvalue weighted by Crippen LogP contribution is -2.48. The Hall–Kier alpha value is -1.75. The van der Waals surface area contributed by atoms with Crippen molar-refractivity contribution >= 4 is 29.1 Å². The van der Waals surface area contributed by atoms with Crippen LogP contribution in [0, 0.1) is 0 Å². The summed E-state index contributed by atoms with van der Waals surface area (Å²) < 4.78 is 10.4. The van der Waals surface area contributed by atoms with E-state index in [4.69, 9.17) is 32.7 Å². The smallest absolute Gasteiger partial charge is 0.255 e. The van der Waals surface area contributed by atoms with Crippen LogP contribution < -0.4 is 10.1 Å². The molecule has 0 spiro atoms. The topological polar surface area (TPSA) is 47.6 Å². The highest BCUT2D eigenvalue weighted by molar-refractivity contribution is 6.33. The van der Waals surface area contributed by atoms with Gasteiger partial charge in [0.2, 0.25) is 0 Å². The third-order valence-corrected chi connectivity index (χ3v) is 4.98. The van der Waals surface area contributed by atoms with Crippen molar-refractivity contribution in [2.24, 2.45) is 0 Å². The second kappa shape index (κ2) is 7.65. The third kappa shape index (κ3) is 3.76. The van der Waals surface area contributed by atoms with E-state index in [1.807, 2.05) is 43.3 Å². The van der Waals surface area contributed by atoms with Gasteiger partial charge in [-0.2, -0.15) is 0 Å². The molecule has 2 aromatic carbocycles. The number of halogens is 2. The fourth-order valence-corrected chi connectivity index (χ4v) is 3.43. The molecule has 1 aliphatic heterocycles. The van der Waals surface area contributed by atoms with Gasteiger partial charge in [-0.1, -0.05) is 48.3 Å². The molecule has 0 radical (unpaired) electrons. The second-order valence-corrected chi connectivity index (χ2v) is 6.85. The lowest BCUT2D eigenvalue weighted by atomic mass is 9.91. The number of hydrogen-bond donors (Lipinski definition) is 1. The van der Waals surface area contributed by atoms with Crippen LogP contribution in [-0.2, 0) is 4.74 Å². The molecule has 2 aromatic rings. The maximum Gasteiger partial charge on any atom is 0.255 e. The number of rotatable bonds is 5. The molecule has 6 heteroatoms. The third-order valence-electron chi connectivity index (χ3n) is 4.36. The Morgan fingerprint density at radius 2 is 1.96 bits per heavy atom. The number of nitrogens with one attached hydrogen (secondary N) is 1. The molecule has 1 amide bonds. The molecule has 0 bridgehead atoms. The van der Waals surface area contributed by atoms with Crippen molar-refractivity contribution in [3.8, 4) is 5.75 Å². The molecule has 25 heavy (non-hydrogen) atoms. The summed E-state index contributed by atoms with van der Waals surface area (Å²) in [7, 11) is 1.50. The van der Waals surface area contributed by atoms with Gasteiger partial charge >= 0.3 is 0 Å². The van der Waals surface area contributed by atoms with Crippen molar-refractivity contribution in [3.05, 3.63) is 63.1 Å². The van der Waals surface area contributed by atoms with Crippen LogP contribution in [0.25, 0.3) is 0 Å². The van der Waals surface area contributed by atoms with E-state index < -0.39 is 0 Å². The molecule has 1 atom stereocenters. The molecule has 1 N–H and O–H groups in total. The fraction of sp³-hybridized carbons (Fsp3) is 0.316. The van der Waals surface area contributed by atoms with Gasteiger partial charge in [-0.05, 0) is 29.3 Å². The standard InChI is InChI=1S/C19H19Cl2NO3/c1-11(14-5-3-4-6-16(14)20)12-7-15(18(24-2)17(21)8-12)19(23)22-13-9-25-10-13/h3-8,11,13H,9-10H2,1-2H3,(H,22,23). The molecule has 3 rings (SSSR count). The first-order chi connectivity index (χ1) is 12.0. The summed E-state index contributed by atoms with van der Waals surface area (Å²) in [5.74, 6) is 0.130. The SMILES string of the molecule is COc1c(Cl)cc(C(C)c2ccccc2Cl)cc1C(=O)NC1COC1. The Morgan fingerprint density at radius 3 is 2.56 bits per heavy atom. The van der Waals surface area contributed by atoms with Gasteiger partial charge in [-0.3, -0.25) is 4.79 Å². The van der Waals surface area contributed by atoms with Crippen LogP contribution in [-0.4, -0.2) is 32.3 Å². The largest absolute Gasteiger partial charge is 0.494 e. The molecular weight excluding hydrogens is 361 g/mol. The molecular formula is C19H19Cl2NO3. The number of hydrogen-bond acceptors (Lipinski definition) is 3. The highest BCUT2D eigenvalue weighted by atomic mass is 35.5. The Kier molecular flexibility index (Phi) is 5.52. The van der Waals surface area contributed by atoms with Crippen molar-refractivity contribution in [1.29, 1.82) is 0 Å². The van der Waals surface area contributed by atoms with E-state index in [1.165, 1.54) is 7.11 Å². The molecule has 1 aliphatic rings. The van der Waals surface area contributed by atoms with E-state index in [2.05, 4.69) is 5.32 Å². The summed E-state index contributed by atoms with van der Waals surface area (Å²) in [6.45, 7) is 3.08. The van der Waals surface area contributed by atoms with Crippen molar-refractivity contribution in [2.45, 2.75) is 18.9 Å². The zero-order chi connectivity index (χ0) is 18.0. The minimum absolute atomic E-state index is 0.0179. The maximum atomic E-state index is 12.6. The van der Waals surface area contributed by atoms with E-state index in [1.54, 1.807) is 0 Å². The van der Waals surface area contributed by atoms with E-state index in [9.17, 15) is 4.79 Å². The molecule has 0 aromatic heterocycles. The zero-order valence-corrected chi connectivity index (χ0v) is 15.5. The maximum absolute atomic E-state index is 12.6. The second-order valence-electron chi connectivity index (χ2n) is 6.03. The molecule has 4 nitrogen and oxygen atoms in total. The van der Waals surface area contributed by atoms with Gasteiger partial charge in [0.25, 0.3) is 5.91 Å². The first kappa shape index (κ1) is 18.1. The number of amides is 1. The molecule has 0 saturated carbocycles. The Labute approximate surface area is 157 Å². The Morgan fingerprint density at radius 1 is 1.24 bits per heavy atom. The molecule has 1 fully saturated rings. The summed E-state index contributed by atoms with van der Waals surface area (Å²) >= 11 is 12.7. The first-order valence-electron chi connectivity index (χ1n) is 8.01. The number of methoxy groups -OCH3 is 1. The number of carbonyl (C=O) groups excluding carboxylic acids is 1. The summed E-state index contributed by atoms with van der Waals surface area (Å²) in [6, 6.07) is 11.3. The normalized spacial score (nSPS) is 15.4.